The van der Waals surface area contributed by atoms with Gasteiger partial charge < -0.3 is 19.7 Å². The van der Waals surface area contributed by atoms with Crippen LogP contribution >= 0.6 is 11.5 Å². The van der Waals surface area contributed by atoms with E-state index in [1.54, 1.807) is 30.3 Å². The number of nitrogens with zero attached hydrogens (tertiary/aromatic N) is 3. The predicted octanol–water partition coefficient (Wildman–Crippen LogP) is 5.31. The lowest BCUT2D eigenvalue weighted by Gasteiger charge is -2.20. The number of carbonyl (C=O) groups is 1. The molecule has 0 saturated heterocycles. The minimum Gasteiger partial charge on any atom is -0.493 e. The van der Waals surface area contributed by atoms with Crippen LogP contribution in [0, 0.1) is 5.82 Å². The molecule has 1 aromatic heterocycles. The molecule has 0 aliphatic carbocycles. The van der Waals surface area contributed by atoms with Crippen LogP contribution in [-0.4, -0.2) is 53.0 Å². The number of ether oxygens (including phenoxy) is 2. The van der Waals surface area contributed by atoms with Crippen molar-refractivity contribution in [2.75, 3.05) is 26.7 Å². The average molecular weight is 501 g/mol. The Kier molecular flexibility index (Phi) is 9.98. The molecule has 0 fully saturated rings. The van der Waals surface area contributed by atoms with Gasteiger partial charge in [0.15, 0.2) is 17.3 Å². The van der Waals surface area contributed by atoms with Crippen molar-refractivity contribution in [3.8, 4) is 16.7 Å². The lowest BCUT2D eigenvalue weighted by molar-refractivity contribution is 0.0937. The van der Waals surface area contributed by atoms with Gasteiger partial charge in [-0.25, -0.2) is 4.39 Å². The molecule has 3 rings (SSSR count). The first-order chi connectivity index (χ1) is 16.9. The summed E-state index contributed by atoms with van der Waals surface area (Å²) in [6.07, 6.45) is 2.42. The van der Waals surface area contributed by atoms with Crippen molar-refractivity contribution in [1.82, 2.24) is 19.6 Å². The van der Waals surface area contributed by atoms with Crippen molar-refractivity contribution in [3.05, 3.63) is 65.2 Å². The van der Waals surface area contributed by atoms with E-state index in [1.807, 2.05) is 6.92 Å². The second kappa shape index (κ2) is 13.2. The summed E-state index contributed by atoms with van der Waals surface area (Å²) in [5, 5.41) is 3.42. The zero-order valence-electron chi connectivity index (χ0n) is 20.7. The first-order valence-electron chi connectivity index (χ1n) is 11.9. The van der Waals surface area contributed by atoms with Gasteiger partial charge in [-0.2, -0.15) is 9.36 Å². The molecule has 35 heavy (non-hydrogen) atoms. The van der Waals surface area contributed by atoms with Crippen molar-refractivity contribution in [2.45, 2.75) is 46.1 Å². The van der Waals surface area contributed by atoms with E-state index in [4.69, 9.17) is 9.47 Å². The van der Waals surface area contributed by atoms with Crippen molar-refractivity contribution in [1.29, 1.82) is 0 Å². The summed E-state index contributed by atoms with van der Waals surface area (Å²) in [6.45, 7) is 9.45. The van der Waals surface area contributed by atoms with Gasteiger partial charge in [0.25, 0.3) is 11.1 Å². The first kappa shape index (κ1) is 26.6. The quantitative estimate of drug-likeness (QED) is 0.343. The SMILES string of the molecule is CCN(CC)CCCC(C)NC(=O)c1ccc(Oc2nc(Cc3ccc(F)cc3)ns2)c(OC)c1. The van der Waals surface area contributed by atoms with Gasteiger partial charge in [0.2, 0.25) is 0 Å². The smallest absolute Gasteiger partial charge is 0.298 e. The van der Waals surface area contributed by atoms with Crippen LogP contribution in [0.3, 0.4) is 0 Å². The fourth-order valence-corrected chi connectivity index (χ4v) is 4.23. The van der Waals surface area contributed by atoms with Gasteiger partial charge in [0.1, 0.15) is 5.82 Å². The summed E-state index contributed by atoms with van der Waals surface area (Å²) in [7, 11) is 1.53. The minimum absolute atomic E-state index is 0.0703. The molecule has 0 aliphatic heterocycles. The zero-order valence-corrected chi connectivity index (χ0v) is 21.5. The molecule has 1 atom stereocenters. The Labute approximate surface area is 210 Å². The highest BCUT2D eigenvalue weighted by molar-refractivity contribution is 7.07. The van der Waals surface area contributed by atoms with Gasteiger partial charge in [-0.3, -0.25) is 4.79 Å². The number of nitrogens with one attached hydrogen (secondary N) is 1. The van der Waals surface area contributed by atoms with Gasteiger partial charge in [0, 0.05) is 29.6 Å². The molecule has 3 aromatic rings. The fraction of sp³-hybridized carbons (Fsp3) is 0.423. The summed E-state index contributed by atoms with van der Waals surface area (Å²) in [6, 6.07) is 11.4. The van der Waals surface area contributed by atoms with Gasteiger partial charge in [-0.05, 0) is 75.3 Å². The number of hydrogen-bond acceptors (Lipinski definition) is 7. The molecule has 1 amide bonds. The third-order valence-corrected chi connectivity index (χ3v) is 6.36. The Morgan fingerprint density at radius 2 is 1.89 bits per heavy atom. The Hall–Kier alpha value is -3.04. The Balaban J connectivity index is 1.57. The standard InChI is InChI=1S/C26H33FN4O3S/c1-5-31(6-2)15-7-8-18(3)28-25(32)20-11-14-22(23(17-20)33-4)34-26-29-24(30-35-26)16-19-9-12-21(27)13-10-19/h9-14,17-18H,5-8,15-16H2,1-4H3,(H,28,32). The molecule has 2 aromatic carbocycles. The van der Waals surface area contributed by atoms with Crippen molar-refractivity contribution < 1.29 is 18.7 Å². The number of carbonyl (C=O) groups excluding carboxylic acids is 1. The van der Waals surface area contributed by atoms with Gasteiger partial charge >= 0.3 is 0 Å². The van der Waals surface area contributed by atoms with Gasteiger partial charge in [-0.1, -0.05) is 26.0 Å². The number of methoxy groups -OCH3 is 1. The number of amides is 1. The van der Waals surface area contributed by atoms with Crippen LogP contribution in [0.25, 0.3) is 0 Å². The van der Waals surface area contributed by atoms with E-state index < -0.39 is 0 Å². The van der Waals surface area contributed by atoms with Crippen molar-refractivity contribution in [2.24, 2.45) is 0 Å². The molecule has 0 spiro atoms. The highest BCUT2D eigenvalue weighted by atomic mass is 32.1. The third kappa shape index (κ3) is 8.00. The fourth-order valence-electron chi connectivity index (χ4n) is 3.66. The number of hydrogen-bond donors (Lipinski definition) is 1. The minimum atomic E-state index is -0.280. The first-order valence-corrected chi connectivity index (χ1v) is 12.6. The van der Waals surface area contributed by atoms with E-state index in [1.165, 1.54) is 19.2 Å². The van der Waals surface area contributed by atoms with Crippen LogP contribution in [0.1, 0.15) is 55.4 Å². The van der Waals surface area contributed by atoms with E-state index in [2.05, 4.69) is 33.4 Å². The highest BCUT2D eigenvalue weighted by Crippen LogP contribution is 2.33. The van der Waals surface area contributed by atoms with Gasteiger partial charge in [0.05, 0.1) is 7.11 Å². The average Bonchev–Trinajstić information content (AvgIpc) is 3.30. The van der Waals surface area contributed by atoms with E-state index in [-0.39, 0.29) is 17.8 Å². The maximum atomic E-state index is 13.1. The van der Waals surface area contributed by atoms with Crippen LogP contribution in [0.15, 0.2) is 42.5 Å². The molecule has 1 N–H and O–H groups in total. The maximum Gasteiger partial charge on any atom is 0.298 e. The summed E-state index contributed by atoms with van der Waals surface area (Å²) in [5.74, 6) is 1.03. The Morgan fingerprint density at radius 3 is 2.57 bits per heavy atom. The monoisotopic (exact) mass is 500 g/mol. The molecule has 188 valence electrons. The molecule has 0 aliphatic rings. The lowest BCUT2D eigenvalue weighted by Crippen LogP contribution is -2.33. The molecule has 1 unspecified atom stereocenters. The third-order valence-electron chi connectivity index (χ3n) is 5.73. The Bertz CT molecular complexity index is 1090. The van der Waals surface area contributed by atoms with Crippen LogP contribution < -0.4 is 14.8 Å². The number of aromatic nitrogens is 2. The second-order valence-electron chi connectivity index (χ2n) is 8.29. The van der Waals surface area contributed by atoms with E-state index in [9.17, 15) is 9.18 Å². The van der Waals surface area contributed by atoms with Crippen LogP contribution in [0.2, 0.25) is 0 Å². The molecule has 7 nitrogen and oxygen atoms in total. The normalized spacial score (nSPS) is 11.9. The molecule has 0 bridgehead atoms. The summed E-state index contributed by atoms with van der Waals surface area (Å²) in [4.78, 5) is 19.5. The lowest BCUT2D eigenvalue weighted by atomic mass is 10.1. The van der Waals surface area contributed by atoms with Crippen LogP contribution in [0.4, 0.5) is 4.39 Å². The molecule has 1 heterocycles. The number of benzene rings is 2. The van der Waals surface area contributed by atoms with E-state index >= 15 is 0 Å². The summed E-state index contributed by atoms with van der Waals surface area (Å²) < 4.78 is 28.7. The molecule has 0 radical (unpaired) electrons. The van der Waals surface area contributed by atoms with Crippen molar-refractivity contribution >= 4 is 17.4 Å². The van der Waals surface area contributed by atoms with E-state index in [0.29, 0.717) is 34.5 Å². The maximum absolute atomic E-state index is 13.1. The predicted molar refractivity (Wildman–Crippen MR) is 136 cm³/mol. The van der Waals surface area contributed by atoms with Crippen LogP contribution in [0.5, 0.6) is 16.7 Å². The number of halogens is 1. The summed E-state index contributed by atoms with van der Waals surface area (Å²) in [5.41, 5.74) is 1.41. The summed E-state index contributed by atoms with van der Waals surface area (Å²) >= 11 is 1.12. The second-order valence-corrected chi connectivity index (χ2v) is 9.01. The molecule has 0 saturated carbocycles. The van der Waals surface area contributed by atoms with Crippen LogP contribution in [-0.2, 0) is 6.42 Å². The Morgan fingerprint density at radius 1 is 1.14 bits per heavy atom. The number of rotatable bonds is 13. The highest BCUT2D eigenvalue weighted by Gasteiger charge is 2.16. The van der Waals surface area contributed by atoms with E-state index in [0.717, 1.165) is 49.6 Å². The molecular weight excluding hydrogens is 467 g/mol. The van der Waals surface area contributed by atoms with Gasteiger partial charge in [-0.15, -0.1) is 0 Å². The molecular formula is C26H33FN4O3S. The largest absolute Gasteiger partial charge is 0.493 e. The zero-order chi connectivity index (χ0) is 25.2. The topological polar surface area (TPSA) is 76.6 Å². The molecule has 9 heteroatoms. The van der Waals surface area contributed by atoms with Crippen molar-refractivity contribution in [3.63, 3.8) is 0 Å².